The van der Waals surface area contributed by atoms with Crippen molar-refractivity contribution in [3.63, 3.8) is 0 Å². The fourth-order valence-corrected chi connectivity index (χ4v) is 0.512. The van der Waals surface area contributed by atoms with Crippen LogP contribution >= 0.6 is 0 Å². The second kappa shape index (κ2) is 3.79. The maximum Gasteiger partial charge on any atom is 0.117 e. The van der Waals surface area contributed by atoms with Crippen molar-refractivity contribution in [2.75, 3.05) is 13.2 Å². The molecule has 0 amide bonds. The lowest BCUT2D eigenvalue weighted by Crippen LogP contribution is -2.41. The number of nitrogens with two attached hydrogens (primary N) is 1. The lowest BCUT2D eigenvalue weighted by Gasteiger charge is -2.20. The van der Waals surface area contributed by atoms with Gasteiger partial charge in [-0.15, -0.1) is 0 Å². The van der Waals surface area contributed by atoms with Gasteiger partial charge in [-0.1, -0.05) is 0 Å². The van der Waals surface area contributed by atoms with E-state index in [1.807, 2.05) is 0 Å². The minimum Gasteiger partial charge on any atom is -0.396 e. The van der Waals surface area contributed by atoms with Crippen molar-refractivity contribution in [2.45, 2.75) is 18.6 Å². The summed E-state index contributed by atoms with van der Waals surface area (Å²) in [6, 6.07) is 0. The summed E-state index contributed by atoms with van der Waals surface area (Å²) in [5, 5.41) is 25.6. The predicted molar refractivity (Wildman–Crippen MR) is 32.5 cm³/mol. The molecule has 0 rings (SSSR count). The highest BCUT2D eigenvalue weighted by atomic mass is 16.3. The van der Waals surface area contributed by atoms with Gasteiger partial charge in [0.05, 0.1) is 0 Å². The maximum absolute atomic E-state index is 8.97. The zero-order valence-corrected chi connectivity index (χ0v) is 5.25. The van der Waals surface area contributed by atoms with Gasteiger partial charge in [0, 0.05) is 26.1 Å². The van der Waals surface area contributed by atoms with E-state index in [0.29, 0.717) is 0 Å². The van der Waals surface area contributed by atoms with Crippen molar-refractivity contribution in [2.24, 2.45) is 5.73 Å². The second-order valence-corrected chi connectivity index (χ2v) is 2.05. The zero-order chi connectivity index (χ0) is 7.33. The van der Waals surface area contributed by atoms with Crippen molar-refractivity contribution in [1.29, 1.82) is 0 Å². The van der Waals surface area contributed by atoms with Gasteiger partial charge in [0.2, 0.25) is 0 Å². The summed E-state index contributed by atoms with van der Waals surface area (Å²) in [7, 11) is 0. The van der Waals surface area contributed by atoms with Crippen molar-refractivity contribution in [1.82, 2.24) is 0 Å². The van der Waals surface area contributed by atoms with Crippen LogP contribution < -0.4 is 5.73 Å². The number of hydrogen-bond acceptors (Lipinski definition) is 4. The third kappa shape index (κ3) is 4.35. The average Bonchev–Trinajstić information content (AvgIpc) is 1.64. The minimum absolute atomic E-state index is 0.105. The second-order valence-electron chi connectivity index (χ2n) is 2.05. The Kier molecular flexibility index (Phi) is 3.72. The standard InChI is InChI=1S/C5H13NO3/c6-5(9,1-3-7)2-4-8/h7-9H,1-4,6H2. The number of rotatable bonds is 4. The van der Waals surface area contributed by atoms with Crippen LogP contribution in [-0.4, -0.2) is 34.3 Å². The first-order valence-electron chi connectivity index (χ1n) is 2.85. The largest absolute Gasteiger partial charge is 0.396 e. The summed E-state index contributed by atoms with van der Waals surface area (Å²) in [5.41, 5.74) is 3.77. The van der Waals surface area contributed by atoms with Gasteiger partial charge in [-0.05, 0) is 0 Å². The van der Waals surface area contributed by atoms with Gasteiger partial charge in [-0.3, -0.25) is 0 Å². The molecule has 56 valence electrons. The third-order valence-electron chi connectivity index (χ3n) is 1.09. The van der Waals surface area contributed by atoms with E-state index >= 15 is 0 Å². The SMILES string of the molecule is NC(O)(CCO)CCO. The molecule has 5 N–H and O–H groups in total. The predicted octanol–water partition coefficient (Wildman–Crippen LogP) is -1.60. The fourth-order valence-electron chi connectivity index (χ4n) is 0.512. The van der Waals surface area contributed by atoms with Gasteiger partial charge in [0.25, 0.3) is 0 Å². The van der Waals surface area contributed by atoms with E-state index in [2.05, 4.69) is 0 Å². The summed E-state index contributed by atoms with van der Waals surface area (Å²) in [5.74, 6) is 0. The van der Waals surface area contributed by atoms with Crippen LogP contribution in [0.1, 0.15) is 12.8 Å². The van der Waals surface area contributed by atoms with Crippen LogP contribution in [0.4, 0.5) is 0 Å². The summed E-state index contributed by atoms with van der Waals surface area (Å²) in [6.45, 7) is -0.319. The van der Waals surface area contributed by atoms with Gasteiger partial charge < -0.3 is 21.1 Å². The zero-order valence-electron chi connectivity index (χ0n) is 5.25. The van der Waals surface area contributed by atoms with E-state index in [-0.39, 0.29) is 26.1 Å². The molecule has 0 saturated carbocycles. The summed E-state index contributed by atoms with van der Waals surface area (Å²) in [6.07, 6.45) is 0.209. The van der Waals surface area contributed by atoms with E-state index in [9.17, 15) is 0 Å². The molecule has 0 aliphatic heterocycles. The molecular formula is C5H13NO3. The molecule has 0 radical (unpaired) electrons. The molecule has 0 aromatic carbocycles. The molecule has 0 aliphatic carbocycles. The molecule has 9 heavy (non-hydrogen) atoms. The van der Waals surface area contributed by atoms with Crippen LogP contribution in [0.2, 0.25) is 0 Å². The topological polar surface area (TPSA) is 86.7 Å². The number of aliphatic hydroxyl groups excluding tert-OH is 2. The highest BCUT2D eigenvalue weighted by molar-refractivity contribution is 4.68. The lowest BCUT2D eigenvalue weighted by molar-refractivity contribution is 0.000611. The highest BCUT2D eigenvalue weighted by Gasteiger charge is 2.18. The van der Waals surface area contributed by atoms with Crippen molar-refractivity contribution in [3.05, 3.63) is 0 Å². The first-order valence-corrected chi connectivity index (χ1v) is 2.85. The van der Waals surface area contributed by atoms with E-state index < -0.39 is 5.72 Å². The number of hydrogen-bond donors (Lipinski definition) is 4. The van der Waals surface area contributed by atoms with E-state index in [1.54, 1.807) is 0 Å². The Morgan fingerprint density at radius 2 is 1.44 bits per heavy atom. The smallest absolute Gasteiger partial charge is 0.117 e. The van der Waals surface area contributed by atoms with Crippen LogP contribution in [0.15, 0.2) is 0 Å². The van der Waals surface area contributed by atoms with Crippen LogP contribution in [0.25, 0.3) is 0 Å². The van der Waals surface area contributed by atoms with Gasteiger partial charge >= 0.3 is 0 Å². The Morgan fingerprint density at radius 3 is 1.67 bits per heavy atom. The van der Waals surface area contributed by atoms with E-state index in [0.717, 1.165) is 0 Å². The molecule has 0 atom stereocenters. The van der Waals surface area contributed by atoms with Crippen molar-refractivity contribution in [3.8, 4) is 0 Å². The molecule has 4 nitrogen and oxygen atoms in total. The van der Waals surface area contributed by atoms with Crippen LogP contribution in [0, 0.1) is 0 Å². The Balaban J connectivity index is 3.43. The summed E-state index contributed by atoms with van der Waals surface area (Å²) < 4.78 is 0. The lowest BCUT2D eigenvalue weighted by atomic mass is 10.1. The average molecular weight is 135 g/mol. The normalized spacial score (nSPS) is 12.0. The highest BCUT2D eigenvalue weighted by Crippen LogP contribution is 2.04. The van der Waals surface area contributed by atoms with Crippen molar-refractivity contribution < 1.29 is 15.3 Å². The monoisotopic (exact) mass is 135 g/mol. The molecule has 0 aliphatic rings. The van der Waals surface area contributed by atoms with Gasteiger partial charge in [0.15, 0.2) is 0 Å². The van der Waals surface area contributed by atoms with E-state index in [1.165, 1.54) is 0 Å². The van der Waals surface area contributed by atoms with Crippen molar-refractivity contribution >= 4 is 0 Å². The van der Waals surface area contributed by atoms with Crippen LogP contribution in [-0.2, 0) is 0 Å². The molecule has 0 spiro atoms. The maximum atomic E-state index is 8.97. The van der Waals surface area contributed by atoms with Gasteiger partial charge in [-0.2, -0.15) is 0 Å². The summed E-state index contributed by atoms with van der Waals surface area (Å²) in [4.78, 5) is 0. The van der Waals surface area contributed by atoms with Crippen LogP contribution in [0.3, 0.4) is 0 Å². The van der Waals surface area contributed by atoms with E-state index in [4.69, 9.17) is 21.1 Å². The minimum atomic E-state index is -1.40. The molecule has 0 unspecified atom stereocenters. The Morgan fingerprint density at radius 1 is 1.11 bits per heavy atom. The molecule has 0 saturated heterocycles. The molecule has 0 bridgehead atoms. The van der Waals surface area contributed by atoms with Gasteiger partial charge in [0.1, 0.15) is 5.72 Å². The fraction of sp³-hybridized carbons (Fsp3) is 1.00. The Hall–Kier alpha value is -0.160. The first-order chi connectivity index (χ1) is 4.12. The Bertz CT molecular complexity index is 66.6. The molecular weight excluding hydrogens is 122 g/mol. The quantitative estimate of drug-likeness (QED) is 0.350. The first kappa shape index (κ1) is 8.84. The third-order valence-corrected chi connectivity index (χ3v) is 1.09. The molecule has 4 heteroatoms. The molecule has 0 fully saturated rings. The number of aliphatic hydroxyl groups is 3. The molecule has 0 heterocycles. The van der Waals surface area contributed by atoms with Crippen LogP contribution in [0.5, 0.6) is 0 Å². The summed E-state index contributed by atoms with van der Waals surface area (Å²) >= 11 is 0. The molecule has 0 aromatic heterocycles. The van der Waals surface area contributed by atoms with Gasteiger partial charge in [-0.25, -0.2) is 0 Å². The Labute approximate surface area is 53.9 Å². The molecule has 0 aromatic rings.